The van der Waals surface area contributed by atoms with Crippen LogP contribution in [0.5, 0.6) is 5.75 Å². The van der Waals surface area contributed by atoms with Gasteiger partial charge >= 0.3 is 6.09 Å². The summed E-state index contributed by atoms with van der Waals surface area (Å²) in [5.74, 6) is 0.486. The van der Waals surface area contributed by atoms with Crippen molar-refractivity contribution in [1.29, 1.82) is 0 Å². The van der Waals surface area contributed by atoms with Crippen molar-refractivity contribution in [2.45, 2.75) is 26.4 Å². The van der Waals surface area contributed by atoms with E-state index in [9.17, 15) is 4.79 Å². The average molecular weight is 224 g/mol. The Labute approximate surface area is 94.5 Å². The molecule has 3 N–H and O–H groups in total. The molecule has 0 fully saturated rings. The van der Waals surface area contributed by atoms with Crippen LogP contribution >= 0.6 is 0 Å². The number of nitrogens with one attached hydrogen (secondary N) is 1. The van der Waals surface area contributed by atoms with E-state index in [-0.39, 0.29) is 0 Å². The fraction of sp³-hybridized carbons (Fsp3) is 0.364. The van der Waals surface area contributed by atoms with Crippen LogP contribution in [0.4, 0.5) is 10.5 Å². The maximum Gasteiger partial charge on any atom is 0.441 e. The smallest absolute Gasteiger partial charge is 0.441 e. The molecule has 0 aliphatic heterocycles. The van der Waals surface area contributed by atoms with Gasteiger partial charge in [-0.1, -0.05) is 0 Å². The number of nitrogens with two attached hydrogens (primary N) is 1. The largest absolute Gasteiger partial charge is 0.442 e. The highest BCUT2D eigenvalue weighted by molar-refractivity contribution is 5.66. The van der Waals surface area contributed by atoms with Gasteiger partial charge in [0, 0.05) is 5.69 Å². The van der Waals surface area contributed by atoms with Crippen LogP contribution in [0.25, 0.3) is 0 Å². The zero-order chi connectivity index (χ0) is 12.2. The standard InChI is InChI=1S/C11H16N2O3/c1-11(2,3)15-10(14)13-16-9-6-4-8(12)5-7-9/h4-7H,12H2,1-3H3,(H,13,14). The molecule has 0 saturated carbocycles. The molecule has 0 spiro atoms. The summed E-state index contributed by atoms with van der Waals surface area (Å²) in [5.41, 5.74) is 7.75. The number of anilines is 1. The molecule has 16 heavy (non-hydrogen) atoms. The third kappa shape index (κ3) is 4.54. The van der Waals surface area contributed by atoms with Gasteiger partial charge in [-0.3, -0.25) is 0 Å². The molecule has 0 aromatic heterocycles. The van der Waals surface area contributed by atoms with Gasteiger partial charge in [0.15, 0.2) is 5.75 Å². The van der Waals surface area contributed by atoms with Gasteiger partial charge in [0.25, 0.3) is 0 Å². The molecule has 1 amide bonds. The van der Waals surface area contributed by atoms with Gasteiger partial charge < -0.3 is 15.3 Å². The molecular formula is C11H16N2O3. The molecular weight excluding hydrogens is 208 g/mol. The van der Waals surface area contributed by atoms with Gasteiger partial charge in [0.2, 0.25) is 0 Å². The van der Waals surface area contributed by atoms with Crippen molar-refractivity contribution in [2.75, 3.05) is 5.73 Å². The number of amides is 1. The Bertz CT molecular complexity index is 354. The van der Waals surface area contributed by atoms with Gasteiger partial charge in [-0.2, -0.15) is 5.48 Å². The van der Waals surface area contributed by atoms with E-state index in [0.717, 1.165) is 0 Å². The number of benzene rings is 1. The maximum absolute atomic E-state index is 11.2. The molecule has 1 aromatic carbocycles. The minimum Gasteiger partial charge on any atom is -0.442 e. The molecule has 0 saturated heterocycles. The quantitative estimate of drug-likeness (QED) is 0.596. The number of carbonyl (C=O) groups is 1. The van der Waals surface area contributed by atoms with Crippen LogP contribution in [0.3, 0.4) is 0 Å². The molecule has 5 heteroatoms. The SMILES string of the molecule is CC(C)(C)OC(=O)NOc1ccc(N)cc1. The lowest BCUT2D eigenvalue weighted by atomic mass is 10.2. The van der Waals surface area contributed by atoms with E-state index in [1.807, 2.05) is 0 Å². The highest BCUT2D eigenvalue weighted by Crippen LogP contribution is 2.12. The zero-order valence-corrected chi connectivity index (χ0v) is 9.61. The van der Waals surface area contributed by atoms with Crippen LogP contribution < -0.4 is 16.1 Å². The number of carbonyl (C=O) groups excluding carboxylic acids is 1. The van der Waals surface area contributed by atoms with Gasteiger partial charge in [-0.25, -0.2) is 4.79 Å². The summed E-state index contributed by atoms with van der Waals surface area (Å²) in [4.78, 5) is 16.2. The molecule has 0 atom stereocenters. The van der Waals surface area contributed by atoms with Crippen LogP contribution in [0.2, 0.25) is 0 Å². The second-order valence-corrected chi connectivity index (χ2v) is 4.28. The highest BCUT2D eigenvalue weighted by atomic mass is 16.7. The summed E-state index contributed by atoms with van der Waals surface area (Å²) in [5, 5.41) is 0. The monoisotopic (exact) mass is 224 g/mol. The van der Waals surface area contributed by atoms with Crippen LogP contribution in [-0.4, -0.2) is 11.7 Å². The Kier molecular flexibility index (Phi) is 3.60. The number of hydrogen-bond acceptors (Lipinski definition) is 4. The summed E-state index contributed by atoms with van der Waals surface area (Å²) in [6.45, 7) is 5.32. The molecule has 88 valence electrons. The summed E-state index contributed by atoms with van der Waals surface area (Å²) in [6.07, 6.45) is -0.635. The summed E-state index contributed by atoms with van der Waals surface area (Å²) in [7, 11) is 0. The first kappa shape index (κ1) is 12.2. The van der Waals surface area contributed by atoms with Gasteiger partial charge in [0.05, 0.1) is 0 Å². The van der Waals surface area contributed by atoms with Crippen LogP contribution in [0.1, 0.15) is 20.8 Å². The van der Waals surface area contributed by atoms with Crippen LogP contribution in [0, 0.1) is 0 Å². The first-order chi connectivity index (χ1) is 7.37. The maximum atomic E-state index is 11.2. The Morgan fingerprint density at radius 1 is 1.25 bits per heavy atom. The molecule has 0 unspecified atom stereocenters. The minimum absolute atomic E-state index is 0.486. The van der Waals surface area contributed by atoms with E-state index in [1.54, 1.807) is 45.0 Å². The second kappa shape index (κ2) is 4.74. The van der Waals surface area contributed by atoms with Crippen molar-refractivity contribution in [2.24, 2.45) is 0 Å². The lowest BCUT2D eigenvalue weighted by Crippen LogP contribution is -2.34. The predicted octanol–water partition coefficient (Wildman–Crippen LogP) is 2.09. The number of ether oxygens (including phenoxy) is 1. The molecule has 0 aliphatic rings. The third-order valence-electron chi connectivity index (χ3n) is 1.53. The molecule has 1 aromatic rings. The van der Waals surface area contributed by atoms with E-state index in [0.29, 0.717) is 11.4 Å². The Morgan fingerprint density at radius 2 is 1.81 bits per heavy atom. The highest BCUT2D eigenvalue weighted by Gasteiger charge is 2.16. The minimum atomic E-state index is -0.635. The third-order valence-corrected chi connectivity index (χ3v) is 1.53. The zero-order valence-electron chi connectivity index (χ0n) is 9.61. The van der Waals surface area contributed by atoms with Crippen molar-refractivity contribution < 1.29 is 14.4 Å². The van der Waals surface area contributed by atoms with E-state index in [2.05, 4.69) is 5.48 Å². The Morgan fingerprint density at radius 3 is 2.31 bits per heavy atom. The number of rotatable bonds is 2. The van der Waals surface area contributed by atoms with Crippen LogP contribution in [-0.2, 0) is 4.74 Å². The summed E-state index contributed by atoms with van der Waals surface area (Å²) < 4.78 is 4.98. The summed E-state index contributed by atoms with van der Waals surface area (Å²) in [6, 6.07) is 6.64. The van der Waals surface area contributed by atoms with E-state index >= 15 is 0 Å². The molecule has 0 bridgehead atoms. The van der Waals surface area contributed by atoms with Crippen molar-refractivity contribution >= 4 is 11.8 Å². The molecule has 5 nitrogen and oxygen atoms in total. The second-order valence-electron chi connectivity index (χ2n) is 4.28. The van der Waals surface area contributed by atoms with E-state index in [4.69, 9.17) is 15.3 Å². The fourth-order valence-corrected chi connectivity index (χ4v) is 0.935. The summed E-state index contributed by atoms with van der Waals surface area (Å²) >= 11 is 0. The van der Waals surface area contributed by atoms with E-state index in [1.165, 1.54) is 0 Å². The lowest BCUT2D eigenvalue weighted by Gasteiger charge is -2.19. The van der Waals surface area contributed by atoms with Crippen molar-refractivity contribution in [1.82, 2.24) is 5.48 Å². The fourth-order valence-electron chi connectivity index (χ4n) is 0.935. The molecule has 1 rings (SSSR count). The normalized spacial score (nSPS) is 10.7. The lowest BCUT2D eigenvalue weighted by molar-refractivity contribution is 0.0287. The first-order valence-electron chi connectivity index (χ1n) is 4.88. The molecule has 0 aliphatic carbocycles. The van der Waals surface area contributed by atoms with Gasteiger partial charge in [-0.15, -0.1) is 0 Å². The Hall–Kier alpha value is -1.91. The van der Waals surface area contributed by atoms with Gasteiger partial charge in [0.1, 0.15) is 5.60 Å². The van der Waals surface area contributed by atoms with Crippen molar-refractivity contribution in [3.05, 3.63) is 24.3 Å². The number of hydrogen-bond donors (Lipinski definition) is 2. The van der Waals surface area contributed by atoms with Crippen molar-refractivity contribution in [3.8, 4) is 5.75 Å². The van der Waals surface area contributed by atoms with Crippen LogP contribution in [0.15, 0.2) is 24.3 Å². The van der Waals surface area contributed by atoms with E-state index < -0.39 is 11.7 Å². The molecule has 0 radical (unpaired) electrons. The first-order valence-corrected chi connectivity index (χ1v) is 4.88. The van der Waals surface area contributed by atoms with Gasteiger partial charge in [-0.05, 0) is 45.0 Å². The average Bonchev–Trinajstić information content (AvgIpc) is 2.14. The number of nitrogen functional groups attached to an aromatic ring is 1. The number of hydroxylamine groups is 1. The topological polar surface area (TPSA) is 73.6 Å². The predicted molar refractivity (Wildman–Crippen MR) is 60.9 cm³/mol. The molecule has 0 heterocycles. The van der Waals surface area contributed by atoms with Crippen molar-refractivity contribution in [3.63, 3.8) is 0 Å². The Balaban J connectivity index is 2.40.